The Kier molecular flexibility index (Phi) is 2.97. The standard InChI is InChI=1S/C16H14N2O/c1-11-6-7-15(14-5-3-2-4-13(11)14)16(19)12-8-17-10-18-9-12/h2-10,16,19H,1H3. The monoisotopic (exact) mass is 250 g/mol. The van der Waals surface area contributed by atoms with E-state index in [0.29, 0.717) is 5.56 Å². The van der Waals surface area contributed by atoms with Crippen molar-refractivity contribution >= 4 is 10.8 Å². The third kappa shape index (κ3) is 2.09. The van der Waals surface area contributed by atoms with Crippen LogP contribution in [0.4, 0.5) is 0 Å². The van der Waals surface area contributed by atoms with Crippen molar-refractivity contribution in [2.45, 2.75) is 13.0 Å². The highest BCUT2D eigenvalue weighted by molar-refractivity contribution is 5.89. The molecule has 0 aliphatic rings. The fraction of sp³-hybridized carbons (Fsp3) is 0.125. The number of aromatic nitrogens is 2. The van der Waals surface area contributed by atoms with Crippen LogP contribution in [-0.2, 0) is 0 Å². The SMILES string of the molecule is Cc1ccc(C(O)c2cncnc2)c2ccccc12. The molecule has 0 bridgehead atoms. The molecule has 3 nitrogen and oxygen atoms in total. The van der Waals surface area contributed by atoms with Crippen LogP contribution in [0.1, 0.15) is 22.8 Å². The molecule has 1 heterocycles. The second-order valence-corrected chi connectivity index (χ2v) is 4.59. The van der Waals surface area contributed by atoms with Gasteiger partial charge in [-0.2, -0.15) is 0 Å². The van der Waals surface area contributed by atoms with Crippen molar-refractivity contribution in [3.05, 3.63) is 71.8 Å². The maximum atomic E-state index is 10.5. The maximum Gasteiger partial charge on any atom is 0.115 e. The van der Waals surface area contributed by atoms with Crippen LogP contribution in [0.5, 0.6) is 0 Å². The maximum absolute atomic E-state index is 10.5. The van der Waals surface area contributed by atoms with Gasteiger partial charge in [0.25, 0.3) is 0 Å². The normalized spacial score (nSPS) is 12.5. The summed E-state index contributed by atoms with van der Waals surface area (Å²) in [5.41, 5.74) is 2.79. The van der Waals surface area contributed by atoms with Crippen molar-refractivity contribution < 1.29 is 5.11 Å². The molecule has 3 rings (SSSR count). The molecule has 3 aromatic rings. The van der Waals surface area contributed by atoms with E-state index in [0.717, 1.165) is 16.3 Å². The van der Waals surface area contributed by atoms with E-state index in [1.165, 1.54) is 11.9 Å². The first-order valence-electron chi connectivity index (χ1n) is 6.18. The van der Waals surface area contributed by atoms with Gasteiger partial charge in [0.15, 0.2) is 0 Å². The van der Waals surface area contributed by atoms with Crippen molar-refractivity contribution in [1.82, 2.24) is 9.97 Å². The molecule has 0 fully saturated rings. The minimum atomic E-state index is -0.702. The minimum absolute atomic E-state index is 0.702. The quantitative estimate of drug-likeness (QED) is 0.760. The van der Waals surface area contributed by atoms with E-state index in [-0.39, 0.29) is 0 Å². The number of aryl methyl sites for hydroxylation is 1. The number of rotatable bonds is 2. The van der Waals surface area contributed by atoms with Gasteiger partial charge >= 0.3 is 0 Å². The molecule has 1 aromatic heterocycles. The van der Waals surface area contributed by atoms with Crippen molar-refractivity contribution in [3.63, 3.8) is 0 Å². The highest BCUT2D eigenvalue weighted by atomic mass is 16.3. The Morgan fingerprint density at radius 2 is 1.63 bits per heavy atom. The van der Waals surface area contributed by atoms with Crippen molar-refractivity contribution in [3.8, 4) is 0 Å². The summed E-state index contributed by atoms with van der Waals surface area (Å²) >= 11 is 0. The average molecular weight is 250 g/mol. The van der Waals surface area contributed by atoms with Gasteiger partial charge in [0.1, 0.15) is 12.4 Å². The van der Waals surface area contributed by atoms with E-state index in [4.69, 9.17) is 0 Å². The molecule has 19 heavy (non-hydrogen) atoms. The summed E-state index contributed by atoms with van der Waals surface area (Å²) in [6.07, 6.45) is 4.05. The predicted octanol–water partition coefficient (Wildman–Crippen LogP) is 3.02. The smallest absolute Gasteiger partial charge is 0.115 e. The molecule has 0 spiro atoms. The molecule has 94 valence electrons. The lowest BCUT2D eigenvalue weighted by molar-refractivity contribution is 0.221. The van der Waals surface area contributed by atoms with Gasteiger partial charge in [0.2, 0.25) is 0 Å². The van der Waals surface area contributed by atoms with Crippen LogP contribution >= 0.6 is 0 Å². The van der Waals surface area contributed by atoms with Crippen LogP contribution in [0.15, 0.2) is 55.1 Å². The lowest BCUT2D eigenvalue weighted by atomic mass is 9.95. The summed E-state index contributed by atoms with van der Waals surface area (Å²) in [6, 6.07) is 12.1. The molecule has 0 saturated carbocycles. The molecule has 0 amide bonds. The summed E-state index contributed by atoms with van der Waals surface area (Å²) in [4.78, 5) is 7.92. The van der Waals surface area contributed by atoms with E-state index in [2.05, 4.69) is 23.0 Å². The number of fused-ring (bicyclic) bond motifs is 1. The van der Waals surface area contributed by atoms with Gasteiger partial charge in [-0.25, -0.2) is 9.97 Å². The van der Waals surface area contributed by atoms with Gasteiger partial charge in [-0.15, -0.1) is 0 Å². The van der Waals surface area contributed by atoms with E-state index in [9.17, 15) is 5.11 Å². The molecule has 0 aliphatic heterocycles. The van der Waals surface area contributed by atoms with E-state index >= 15 is 0 Å². The number of hydrogen-bond acceptors (Lipinski definition) is 3. The fourth-order valence-electron chi connectivity index (χ4n) is 2.34. The van der Waals surface area contributed by atoms with Crippen LogP contribution in [-0.4, -0.2) is 15.1 Å². The van der Waals surface area contributed by atoms with Gasteiger partial charge in [-0.1, -0.05) is 36.4 Å². The van der Waals surface area contributed by atoms with Gasteiger partial charge in [0.05, 0.1) is 0 Å². The predicted molar refractivity (Wildman–Crippen MR) is 74.8 cm³/mol. The van der Waals surface area contributed by atoms with Crippen LogP contribution < -0.4 is 0 Å². The molecule has 3 heteroatoms. The number of aliphatic hydroxyl groups is 1. The van der Waals surface area contributed by atoms with Gasteiger partial charge in [-0.3, -0.25) is 0 Å². The van der Waals surface area contributed by atoms with Crippen LogP contribution in [0.2, 0.25) is 0 Å². The lowest BCUT2D eigenvalue weighted by Crippen LogP contribution is -2.02. The number of hydrogen-bond donors (Lipinski definition) is 1. The van der Waals surface area contributed by atoms with Crippen LogP contribution in [0.25, 0.3) is 10.8 Å². The fourth-order valence-corrected chi connectivity index (χ4v) is 2.34. The first kappa shape index (κ1) is 11.8. The molecule has 1 N–H and O–H groups in total. The largest absolute Gasteiger partial charge is 0.384 e. The summed E-state index contributed by atoms with van der Waals surface area (Å²) in [5.74, 6) is 0. The topological polar surface area (TPSA) is 46.0 Å². The Hall–Kier alpha value is -2.26. The summed E-state index contributed by atoms with van der Waals surface area (Å²) in [6.45, 7) is 2.07. The third-order valence-corrected chi connectivity index (χ3v) is 3.37. The molecule has 2 aromatic carbocycles. The Morgan fingerprint density at radius 3 is 2.37 bits per heavy atom. The first-order chi connectivity index (χ1) is 9.27. The second-order valence-electron chi connectivity index (χ2n) is 4.59. The Labute approximate surface area is 111 Å². The number of benzene rings is 2. The zero-order valence-electron chi connectivity index (χ0n) is 10.6. The Morgan fingerprint density at radius 1 is 0.947 bits per heavy atom. The van der Waals surface area contributed by atoms with Gasteiger partial charge in [0, 0.05) is 18.0 Å². The zero-order valence-corrected chi connectivity index (χ0v) is 10.6. The third-order valence-electron chi connectivity index (χ3n) is 3.37. The van der Waals surface area contributed by atoms with E-state index < -0.39 is 6.10 Å². The van der Waals surface area contributed by atoms with E-state index in [1.54, 1.807) is 12.4 Å². The molecule has 1 unspecified atom stereocenters. The minimum Gasteiger partial charge on any atom is -0.384 e. The second kappa shape index (κ2) is 4.78. The van der Waals surface area contributed by atoms with Crippen LogP contribution in [0.3, 0.4) is 0 Å². The molecule has 0 saturated heterocycles. The van der Waals surface area contributed by atoms with Gasteiger partial charge in [-0.05, 0) is 28.8 Å². The zero-order chi connectivity index (χ0) is 13.2. The summed E-state index contributed by atoms with van der Waals surface area (Å²) < 4.78 is 0. The average Bonchev–Trinajstić information content (AvgIpc) is 2.48. The Bertz CT molecular complexity index is 710. The summed E-state index contributed by atoms with van der Waals surface area (Å²) in [5, 5.41) is 12.7. The van der Waals surface area contributed by atoms with E-state index in [1.807, 2.05) is 30.3 Å². The van der Waals surface area contributed by atoms with Crippen molar-refractivity contribution in [2.75, 3.05) is 0 Å². The molecule has 0 radical (unpaired) electrons. The molecule has 0 aliphatic carbocycles. The molecular weight excluding hydrogens is 236 g/mol. The first-order valence-corrected chi connectivity index (χ1v) is 6.18. The Balaban J connectivity index is 2.18. The molecule has 1 atom stereocenters. The number of aliphatic hydroxyl groups excluding tert-OH is 1. The van der Waals surface area contributed by atoms with Crippen molar-refractivity contribution in [1.29, 1.82) is 0 Å². The lowest BCUT2D eigenvalue weighted by Gasteiger charge is -2.14. The highest BCUT2D eigenvalue weighted by Crippen LogP contribution is 2.29. The van der Waals surface area contributed by atoms with Gasteiger partial charge < -0.3 is 5.11 Å². The molecular formula is C16H14N2O. The highest BCUT2D eigenvalue weighted by Gasteiger charge is 2.14. The van der Waals surface area contributed by atoms with Crippen molar-refractivity contribution in [2.24, 2.45) is 0 Å². The number of nitrogens with zero attached hydrogens (tertiary/aromatic N) is 2. The van der Waals surface area contributed by atoms with Crippen LogP contribution in [0, 0.1) is 6.92 Å². The summed E-state index contributed by atoms with van der Waals surface area (Å²) in [7, 11) is 0.